The van der Waals surface area contributed by atoms with Crippen molar-refractivity contribution in [2.75, 3.05) is 7.11 Å². The van der Waals surface area contributed by atoms with Crippen molar-refractivity contribution in [3.63, 3.8) is 0 Å². The predicted octanol–water partition coefficient (Wildman–Crippen LogP) is 5.17. The second kappa shape index (κ2) is 9.25. The van der Waals surface area contributed by atoms with E-state index >= 15 is 0 Å². The number of hydrogen-bond acceptors (Lipinski definition) is 4. The van der Waals surface area contributed by atoms with Crippen molar-refractivity contribution in [3.05, 3.63) is 52.9 Å². The summed E-state index contributed by atoms with van der Waals surface area (Å²) in [4.78, 5) is 23.6. The minimum Gasteiger partial charge on any atom is -0.469 e. The Morgan fingerprint density at radius 1 is 1.23 bits per heavy atom. The number of hydrogen-bond donors (Lipinski definition) is 1. The SMILES string of the molecule is COC(=O)C[C@H](O)CC(=O)C=CC1=C(c2ccc(F)c(C)c2)CC(C)(C)CC1(C)C. The first-order chi connectivity index (χ1) is 13.8. The number of ether oxygens (including phenoxy) is 1. The van der Waals surface area contributed by atoms with Crippen molar-refractivity contribution in [1.29, 1.82) is 0 Å². The Morgan fingerprint density at radius 3 is 2.50 bits per heavy atom. The molecule has 0 bridgehead atoms. The lowest BCUT2D eigenvalue weighted by Crippen LogP contribution is -2.30. The average molecular weight is 417 g/mol. The molecule has 0 saturated carbocycles. The zero-order valence-corrected chi connectivity index (χ0v) is 18.8. The molecule has 1 aliphatic rings. The lowest BCUT2D eigenvalue weighted by molar-refractivity contribution is -0.143. The number of aliphatic hydroxyl groups excluding tert-OH is 1. The maximum Gasteiger partial charge on any atom is 0.308 e. The quantitative estimate of drug-likeness (QED) is 0.492. The van der Waals surface area contributed by atoms with Crippen LogP contribution in [0.15, 0.2) is 35.9 Å². The highest BCUT2D eigenvalue weighted by molar-refractivity contribution is 5.91. The molecule has 0 heterocycles. The van der Waals surface area contributed by atoms with E-state index < -0.39 is 12.1 Å². The van der Waals surface area contributed by atoms with Gasteiger partial charge in [0.05, 0.1) is 19.6 Å². The van der Waals surface area contributed by atoms with E-state index in [-0.39, 0.29) is 35.3 Å². The van der Waals surface area contributed by atoms with Gasteiger partial charge in [-0.3, -0.25) is 9.59 Å². The third-order valence-electron chi connectivity index (χ3n) is 5.64. The highest BCUT2D eigenvalue weighted by Crippen LogP contribution is 2.52. The molecule has 30 heavy (non-hydrogen) atoms. The molecule has 0 aliphatic heterocycles. The number of halogens is 1. The van der Waals surface area contributed by atoms with E-state index in [1.807, 2.05) is 12.1 Å². The van der Waals surface area contributed by atoms with Crippen LogP contribution in [0.25, 0.3) is 5.57 Å². The van der Waals surface area contributed by atoms with Crippen LogP contribution >= 0.6 is 0 Å². The summed E-state index contributed by atoms with van der Waals surface area (Å²) < 4.78 is 18.4. The Hall–Kier alpha value is -2.27. The molecule has 164 valence electrons. The lowest BCUT2D eigenvalue weighted by Gasteiger charge is -2.43. The van der Waals surface area contributed by atoms with Crippen LogP contribution in [0.5, 0.6) is 0 Å². The molecular formula is C25H33FO4. The standard InChI is InChI=1S/C25H33FO4/c1-16-11-17(7-10-22(16)26)20-14-24(2,3)15-25(4,5)21(20)9-8-18(27)12-19(28)13-23(29)30-6/h7-11,19,28H,12-15H2,1-6H3/t19-/m1/s1. The molecule has 1 N–H and O–H groups in total. The van der Waals surface area contributed by atoms with E-state index in [2.05, 4.69) is 32.4 Å². The minimum absolute atomic E-state index is 0.0686. The van der Waals surface area contributed by atoms with Gasteiger partial charge in [-0.15, -0.1) is 0 Å². The summed E-state index contributed by atoms with van der Waals surface area (Å²) in [6.07, 6.45) is 3.65. The Labute approximate surface area is 178 Å². The number of methoxy groups -OCH3 is 1. The number of esters is 1. The average Bonchev–Trinajstić information content (AvgIpc) is 2.60. The first kappa shape index (κ1) is 24.0. The molecule has 0 spiro atoms. The summed E-state index contributed by atoms with van der Waals surface area (Å²) in [6.45, 7) is 10.5. The van der Waals surface area contributed by atoms with Gasteiger partial charge in [-0.25, -0.2) is 4.39 Å². The molecule has 5 heteroatoms. The Bertz CT molecular complexity index is 877. The third kappa shape index (κ3) is 6.11. The maximum absolute atomic E-state index is 13.8. The summed E-state index contributed by atoms with van der Waals surface area (Å²) in [6, 6.07) is 5.14. The fourth-order valence-corrected chi connectivity index (χ4v) is 4.58. The van der Waals surface area contributed by atoms with Gasteiger partial charge in [0.2, 0.25) is 0 Å². The number of aryl methyl sites for hydroxylation is 1. The number of ketones is 1. The van der Waals surface area contributed by atoms with E-state index in [9.17, 15) is 19.1 Å². The van der Waals surface area contributed by atoms with Crippen molar-refractivity contribution in [2.24, 2.45) is 10.8 Å². The smallest absolute Gasteiger partial charge is 0.308 e. The number of rotatable bonds is 7. The van der Waals surface area contributed by atoms with Gasteiger partial charge in [-0.05, 0) is 71.1 Å². The number of benzene rings is 1. The minimum atomic E-state index is -1.07. The van der Waals surface area contributed by atoms with Gasteiger partial charge in [0.15, 0.2) is 5.78 Å². The number of carbonyl (C=O) groups is 2. The van der Waals surface area contributed by atoms with Crippen LogP contribution in [0.3, 0.4) is 0 Å². The van der Waals surface area contributed by atoms with Crippen LogP contribution in [0.1, 0.15) is 64.5 Å². The van der Waals surface area contributed by atoms with Crippen LogP contribution in [-0.4, -0.2) is 30.1 Å². The molecule has 1 aliphatic carbocycles. The van der Waals surface area contributed by atoms with Crippen LogP contribution in [0, 0.1) is 23.6 Å². The Balaban J connectivity index is 2.38. The summed E-state index contributed by atoms with van der Waals surface area (Å²) >= 11 is 0. The number of carbonyl (C=O) groups excluding carboxylic acids is 2. The lowest BCUT2D eigenvalue weighted by atomic mass is 9.61. The van der Waals surface area contributed by atoms with Crippen molar-refractivity contribution < 1.29 is 23.8 Å². The van der Waals surface area contributed by atoms with Gasteiger partial charge in [-0.1, -0.05) is 39.8 Å². The van der Waals surface area contributed by atoms with Crippen LogP contribution < -0.4 is 0 Å². The molecule has 0 aromatic heterocycles. The molecule has 0 fully saturated rings. The van der Waals surface area contributed by atoms with Crippen LogP contribution in [0.2, 0.25) is 0 Å². The predicted molar refractivity (Wildman–Crippen MR) is 116 cm³/mol. The molecule has 0 radical (unpaired) electrons. The second-order valence-electron chi connectivity index (χ2n) is 9.70. The normalized spacial score (nSPS) is 19.1. The first-order valence-electron chi connectivity index (χ1n) is 10.3. The van der Waals surface area contributed by atoms with Gasteiger partial charge in [0.1, 0.15) is 5.82 Å². The van der Waals surface area contributed by atoms with E-state index in [1.165, 1.54) is 19.3 Å². The van der Waals surface area contributed by atoms with Crippen molar-refractivity contribution >= 4 is 17.3 Å². The molecule has 0 saturated heterocycles. The molecule has 0 unspecified atom stereocenters. The molecule has 0 amide bonds. The van der Waals surface area contributed by atoms with E-state index in [1.54, 1.807) is 13.0 Å². The third-order valence-corrected chi connectivity index (χ3v) is 5.64. The molecule has 1 aromatic rings. The highest BCUT2D eigenvalue weighted by atomic mass is 19.1. The summed E-state index contributed by atoms with van der Waals surface area (Å²) in [7, 11) is 1.24. The van der Waals surface area contributed by atoms with Gasteiger partial charge < -0.3 is 9.84 Å². The zero-order chi connectivity index (χ0) is 22.7. The highest BCUT2D eigenvalue weighted by Gasteiger charge is 2.38. The fraction of sp³-hybridized carbons (Fsp3) is 0.520. The van der Waals surface area contributed by atoms with Gasteiger partial charge in [-0.2, -0.15) is 0 Å². The monoisotopic (exact) mass is 416 g/mol. The Morgan fingerprint density at radius 2 is 1.90 bits per heavy atom. The van der Waals surface area contributed by atoms with Crippen molar-refractivity contribution in [3.8, 4) is 0 Å². The molecule has 2 rings (SSSR count). The Kier molecular flexibility index (Phi) is 7.40. The fourth-order valence-electron chi connectivity index (χ4n) is 4.58. The van der Waals surface area contributed by atoms with E-state index in [0.29, 0.717) is 5.56 Å². The summed E-state index contributed by atoms with van der Waals surface area (Å²) in [5, 5.41) is 9.91. The molecule has 4 nitrogen and oxygen atoms in total. The largest absolute Gasteiger partial charge is 0.469 e. The second-order valence-corrected chi connectivity index (χ2v) is 9.70. The van der Waals surface area contributed by atoms with Crippen LogP contribution in [-0.2, 0) is 14.3 Å². The maximum atomic E-state index is 13.8. The van der Waals surface area contributed by atoms with Gasteiger partial charge in [0, 0.05) is 6.42 Å². The zero-order valence-electron chi connectivity index (χ0n) is 18.8. The van der Waals surface area contributed by atoms with E-state index in [4.69, 9.17) is 0 Å². The number of allylic oxidation sites excluding steroid dienone is 4. The molecular weight excluding hydrogens is 383 g/mol. The van der Waals surface area contributed by atoms with Gasteiger partial charge in [0.25, 0.3) is 0 Å². The number of aliphatic hydroxyl groups is 1. The van der Waals surface area contributed by atoms with Crippen LogP contribution in [0.4, 0.5) is 4.39 Å². The summed E-state index contributed by atoms with van der Waals surface area (Å²) in [5.74, 6) is -1.04. The van der Waals surface area contributed by atoms with Gasteiger partial charge >= 0.3 is 5.97 Å². The summed E-state index contributed by atoms with van der Waals surface area (Å²) in [5.41, 5.74) is 3.60. The van der Waals surface area contributed by atoms with Crippen molar-refractivity contribution in [1.82, 2.24) is 0 Å². The topological polar surface area (TPSA) is 63.6 Å². The van der Waals surface area contributed by atoms with Crippen molar-refractivity contribution in [2.45, 2.75) is 66.4 Å². The van der Waals surface area contributed by atoms with E-state index in [0.717, 1.165) is 29.6 Å². The molecule has 1 aromatic carbocycles. The first-order valence-corrected chi connectivity index (χ1v) is 10.3. The molecule has 1 atom stereocenters.